The number of nitrogens with zero attached hydrogens (tertiary/aromatic N) is 1. The quantitative estimate of drug-likeness (QED) is 0.237. The van der Waals surface area contributed by atoms with Gasteiger partial charge in [-0.2, -0.15) is 5.10 Å². The Bertz CT molecular complexity index is 1260. The van der Waals surface area contributed by atoms with Crippen LogP contribution in [0.4, 0.5) is 0 Å². The average Bonchev–Trinajstić information content (AvgIpc) is 2.82. The molecule has 0 spiro atoms. The second-order valence-corrected chi connectivity index (χ2v) is 7.44. The molecule has 1 amide bonds. The van der Waals surface area contributed by atoms with E-state index in [4.69, 9.17) is 11.6 Å². The summed E-state index contributed by atoms with van der Waals surface area (Å²) in [7, 11) is 0. The largest absolute Gasteiger partial charge is 0.294 e. The summed E-state index contributed by atoms with van der Waals surface area (Å²) in [6, 6.07) is 29.3. The number of amides is 1. The predicted molar refractivity (Wildman–Crippen MR) is 125 cm³/mol. The molecule has 5 heteroatoms. The number of rotatable bonds is 6. The topological polar surface area (TPSA) is 58.5 Å². The number of hydrogen-bond donors (Lipinski definition) is 1. The van der Waals surface area contributed by atoms with Crippen LogP contribution >= 0.6 is 11.6 Å². The highest BCUT2D eigenvalue weighted by atomic mass is 35.5. The first-order valence-corrected chi connectivity index (χ1v) is 10.2. The summed E-state index contributed by atoms with van der Waals surface area (Å²) in [5.41, 5.74) is 4.94. The third-order valence-electron chi connectivity index (χ3n) is 4.93. The number of benzene rings is 4. The van der Waals surface area contributed by atoms with Gasteiger partial charge in [-0.05, 0) is 46.7 Å². The van der Waals surface area contributed by atoms with Gasteiger partial charge in [-0.1, -0.05) is 78.3 Å². The predicted octanol–water partition coefficient (Wildman–Crippen LogP) is 5.90. The summed E-state index contributed by atoms with van der Waals surface area (Å²) in [6.45, 7) is 0. The highest BCUT2D eigenvalue weighted by molar-refractivity contribution is 6.30. The molecule has 0 aliphatic carbocycles. The van der Waals surface area contributed by atoms with Gasteiger partial charge >= 0.3 is 0 Å². The van der Waals surface area contributed by atoms with Gasteiger partial charge in [0.1, 0.15) is 0 Å². The van der Waals surface area contributed by atoms with Gasteiger partial charge in [-0.25, -0.2) is 5.43 Å². The smallest absolute Gasteiger partial charge is 0.272 e. The molecule has 152 valence electrons. The van der Waals surface area contributed by atoms with Crippen LogP contribution in [0.3, 0.4) is 0 Å². The van der Waals surface area contributed by atoms with Crippen molar-refractivity contribution in [3.8, 4) is 0 Å². The van der Waals surface area contributed by atoms with Gasteiger partial charge in [-0.3, -0.25) is 9.59 Å². The van der Waals surface area contributed by atoms with Crippen LogP contribution in [-0.4, -0.2) is 17.4 Å². The van der Waals surface area contributed by atoms with Crippen LogP contribution < -0.4 is 5.43 Å². The minimum atomic E-state index is -0.329. The summed E-state index contributed by atoms with van der Waals surface area (Å²) >= 11 is 5.92. The Balaban J connectivity index is 1.61. The van der Waals surface area contributed by atoms with E-state index in [1.165, 1.54) is 0 Å². The van der Waals surface area contributed by atoms with Crippen LogP contribution in [0.2, 0.25) is 5.02 Å². The van der Waals surface area contributed by atoms with E-state index in [-0.39, 0.29) is 18.1 Å². The summed E-state index contributed by atoms with van der Waals surface area (Å²) in [6.07, 6.45) is 0.0431. The first-order chi connectivity index (χ1) is 15.1. The molecule has 0 fully saturated rings. The van der Waals surface area contributed by atoms with Crippen molar-refractivity contribution in [2.24, 2.45) is 5.10 Å². The van der Waals surface area contributed by atoms with Crippen molar-refractivity contribution in [2.75, 3.05) is 0 Å². The van der Waals surface area contributed by atoms with Crippen LogP contribution in [0.15, 0.2) is 102 Å². The monoisotopic (exact) mass is 426 g/mol. The number of Topliss-reactive ketones (excluding diaryl/α,β-unsaturated/α-hetero) is 1. The van der Waals surface area contributed by atoms with E-state index in [9.17, 15) is 9.59 Å². The Hall–Kier alpha value is -3.76. The molecular formula is C26H19ClN2O2. The maximum atomic E-state index is 12.9. The second-order valence-electron chi connectivity index (χ2n) is 7.00. The summed E-state index contributed by atoms with van der Waals surface area (Å²) < 4.78 is 0. The van der Waals surface area contributed by atoms with Crippen LogP contribution in [0.1, 0.15) is 32.7 Å². The van der Waals surface area contributed by atoms with Crippen LogP contribution in [0.25, 0.3) is 10.8 Å². The first-order valence-electron chi connectivity index (χ1n) is 9.80. The minimum Gasteiger partial charge on any atom is -0.294 e. The van der Waals surface area contributed by atoms with E-state index >= 15 is 0 Å². The first kappa shape index (κ1) is 20.5. The van der Waals surface area contributed by atoms with Gasteiger partial charge in [0.05, 0.1) is 12.1 Å². The molecule has 0 atom stereocenters. The maximum absolute atomic E-state index is 12.9. The van der Waals surface area contributed by atoms with Crippen LogP contribution in [0.5, 0.6) is 0 Å². The zero-order valence-corrected chi connectivity index (χ0v) is 17.3. The molecule has 31 heavy (non-hydrogen) atoms. The van der Waals surface area contributed by atoms with Crippen molar-refractivity contribution in [3.05, 3.63) is 119 Å². The molecule has 0 aliphatic heterocycles. The zero-order valence-electron chi connectivity index (χ0n) is 16.6. The van der Waals surface area contributed by atoms with E-state index in [1.807, 2.05) is 66.7 Å². The molecule has 4 nitrogen and oxygen atoms in total. The number of nitrogens with one attached hydrogen (secondary N) is 1. The fourth-order valence-corrected chi connectivity index (χ4v) is 3.45. The number of fused-ring (bicyclic) bond motifs is 1. The van der Waals surface area contributed by atoms with E-state index in [0.29, 0.717) is 21.9 Å². The van der Waals surface area contributed by atoms with Crippen molar-refractivity contribution in [3.63, 3.8) is 0 Å². The molecule has 0 aromatic heterocycles. The van der Waals surface area contributed by atoms with Crippen molar-refractivity contribution in [2.45, 2.75) is 6.42 Å². The lowest BCUT2D eigenvalue weighted by Crippen LogP contribution is -2.21. The number of hydrogen-bond acceptors (Lipinski definition) is 3. The Morgan fingerprint density at radius 1 is 0.742 bits per heavy atom. The molecule has 1 N–H and O–H groups in total. The van der Waals surface area contributed by atoms with E-state index in [1.54, 1.807) is 30.3 Å². The molecule has 0 unspecified atom stereocenters. The normalized spacial score (nSPS) is 11.3. The summed E-state index contributed by atoms with van der Waals surface area (Å²) in [5, 5.41) is 6.71. The number of ketones is 1. The fraction of sp³-hybridized carbons (Fsp3) is 0.0385. The van der Waals surface area contributed by atoms with E-state index in [2.05, 4.69) is 10.5 Å². The number of carbonyl (C=O) groups excluding carboxylic acids is 2. The lowest BCUT2D eigenvalue weighted by atomic mass is 10.0. The summed E-state index contributed by atoms with van der Waals surface area (Å²) in [4.78, 5) is 25.7. The molecule has 4 aromatic rings. The Labute approximate surface area is 185 Å². The van der Waals surface area contributed by atoms with Crippen molar-refractivity contribution in [1.29, 1.82) is 0 Å². The number of carbonyl (C=O) groups is 2. The molecular weight excluding hydrogens is 408 g/mol. The van der Waals surface area contributed by atoms with Gasteiger partial charge in [0.25, 0.3) is 5.91 Å². The average molecular weight is 427 g/mol. The summed E-state index contributed by atoms with van der Waals surface area (Å²) in [5.74, 6) is -0.442. The second kappa shape index (κ2) is 9.37. The van der Waals surface area contributed by atoms with Gasteiger partial charge in [-0.15, -0.1) is 0 Å². The van der Waals surface area contributed by atoms with Gasteiger partial charge in [0.2, 0.25) is 0 Å². The zero-order chi connectivity index (χ0) is 21.6. The minimum absolute atomic E-state index is 0.0431. The highest BCUT2D eigenvalue weighted by Gasteiger charge is 2.14. The van der Waals surface area contributed by atoms with Crippen molar-refractivity contribution < 1.29 is 9.59 Å². The highest BCUT2D eigenvalue weighted by Crippen LogP contribution is 2.18. The van der Waals surface area contributed by atoms with E-state index < -0.39 is 0 Å². The fourth-order valence-electron chi connectivity index (χ4n) is 3.33. The molecule has 4 rings (SSSR count). The lowest BCUT2D eigenvalue weighted by Gasteiger charge is -2.09. The van der Waals surface area contributed by atoms with Gasteiger partial charge < -0.3 is 0 Å². The molecule has 0 saturated heterocycles. The van der Waals surface area contributed by atoms with Gasteiger partial charge in [0, 0.05) is 16.1 Å². The van der Waals surface area contributed by atoms with Crippen LogP contribution in [-0.2, 0) is 0 Å². The molecule has 0 saturated carbocycles. The standard InChI is InChI=1S/C26H19ClN2O2/c27-21-15-13-20(14-16-21)25(30)17-24(19-8-2-1-3-9-19)28-29-26(31)23-12-6-10-18-7-4-5-11-22(18)23/h1-16H,17H2,(H,29,31)/b28-24+. The number of halogens is 1. The third-order valence-corrected chi connectivity index (χ3v) is 5.18. The number of hydrazone groups is 1. The Kier molecular flexibility index (Phi) is 6.20. The van der Waals surface area contributed by atoms with Crippen molar-refractivity contribution in [1.82, 2.24) is 5.43 Å². The molecule has 0 radical (unpaired) electrons. The maximum Gasteiger partial charge on any atom is 0.272 e. The Morgan fingerprint density at radius 2 is 1.42 bits per heavy atom. The SMILES string of the molecule is O=C(C/C(=N\NC(=O)c1cccc2ccccc12)c1ccccc1)c1ccc(Cl)cc1. The molecule has 0 heterocycles. The van der Waals surface area contributed by atoms with E-state index in [0.717, 1.165) is 16.3 Å². The molecule has 4 aromatic carbocycles. The molecule has 0 bridgehead atoms. The van der Waals surface area contributed by atoms with Gasteiger partial charge in [0.15, 0.2) is 5.78 Å². The van der Waals surface area contributed by atoms with Crippen LogP contribution in [0, 0.1) is 0 Å². The molecule has 0 aliphatic rings. The third kappa shape index (κ3) is 4.87. The van der Waals surface area contributed by atoms with Crippen molar-refractivity contribution >= 4 is 39.8 Å². The Morgan fingerprint density at radius 3 is 2.19 bits per heavy atom. The lowest BCUT2D eigenvalue weighted by molar-refractivity contribution is 0.0952.